The van der Waals surface area contributed by atoms with Gasteiger partial charge in [-0.1, -0.05) is 36.4 Å². The number of nitrogens with one attached hydrogen (secondary N) is 2. The topological polar surface area (TPSA) is 59.6 Å². The van der Waals surface area contributed by atoms with Crippen molar-refractivity contribution in [2.45, 2.75) is 25.5 Å². The molecule has 2 N–H and O–H groups in total. The van der Waals surface area contributed by atoms with E-state index in [1.165, 1.54) is 0 Å². The summed E-state index contributed by atoms with van der Waals surface area (Å²) in [5.41, 5.74) is 2.84. The van der Waals surface area contributed by atoms with E-state index in [2.05, 4.69) is 16.7 Å². The Morgan fingerprint density at radius 1 is 1.25 bits per heavy atom. The molecule has 0 radical (unpaired) electrons. The predicted molar refractivity (Wildman–Crippen MR) is 93.4 cm³/mol. The third-order valence-corrected chi connectivity index (χ3v) is 4.26. The van der Waals surface area contributed by atoms with Crippen LogP contribution in [0.2, 0.25) is 0 Å². The molecule has 1 aliphatic heterocycles. The average Bonchev–Trinajstić information content (AvgIpc) is 3.01. The van der Waals surface area contributed by atoms with Gasteiger partial charge in [0, 0.05) is 35.9 Å². The molecule has 0 aliphatic carbocycles. The molecule has 5 nitrogen and oxygen atoms in total. The van der Waals surface area contributed by atoms with Gasteiger partial charge in [0.2, 0.25) is 0 Å². The summed E-state index contributed by atoms with van der Waals surface area (Å²) in [7, 11) is 1.64. The van der Waals surface area contributed by atoms with Crippen LogP contribution >= 0.6 is 0 Å². The van der Waals surface area contributed by atoms with Crippen LogP contribution in [0, 0.1) is 0 Å². The summed E-state index contributed by atoms with van der Waals surface area (Å²) in [5, 5.41) is 5.91. The summed E-state index contributed by atoms with van der Waals surface area (Å²) in [6.45, 7) is 3.04. The second kappa shape index (κ2) is 7.36. The number of fused-ring (bicyclic) bond motifs is 1. The summed E-state index contributed by atoms with van der Waals surface area (Å²) < 4.78 is 10.9. The summed E-state index contributed by atoms with van der Waals surface area (Å²) >= 11 is 0. The largest absolute Gasteiger partial charge is 0.493 e. The van der Waals surface area contributed by atoms with E-state index in [1.54, 1.807) is 7.11 Å². The van der Waals surface area contributed by atoms with Gasteiger partial charge in [-0.15, -0.1) is 0 Å². The molecule has 0 spiro atoms. The zero-order valence-corrected chi connectivity index (χ0v) is 13.9. The second-order valence-corrected chi connectivity index (χ2v) is 5.93. The first-order chi connectivity index (χ1) is 11.7. The van der Waals surface area contributed by atoms with Gasteiger partial charge in [-0.05, 0) is 19.1 Å². The molecular formula is C19H22N2O3. The number of benzene rings is 2. The average molecular weight is 326 g/mol. The van der Waals surface area contributed by atoms with Crippen molar-refractivity contribution in [2.75, 3.05) is 19.0 Å². The number of ether oxygens (including phenoxy) is 2. The van der Waals surface area contributed by atoms with E-state index in [0.29, 0.717) is 13.2 Å². The lowest BCUT2D eigenvalue weighted by atomic mass is 9.94. The molecule has 0 bridgehead atoms. The lowest BCUT2D eigenvalue weighted by molar-refractivity contribution is 0.185. The van der Waals surface area contributed by atoms with Gasteiger partial charge < -0.3 is 20.1 Å². The maximum absolute atomic E-state index is 12.3. The molecule has 0 saturated heterocycles. The van der Waals surface area contributed by atoms with Gasteiger partial charge in [0.15, 0.2) is 0 Å². The highest BCUT2D eigenvalue weighted by Crippen LogP contribution is 2.35. The maximum Gasteiger partial charge on any atom is 0.319 e. The van der Waals surface area contributed by atoms with Gasteiger partial charge in [0.25, 0.3) is 0 Å². The Kier molecular flexibility index (Phi) is 5.01. The molecule has 2 atom stereocenters. The fourth-order valence-corrected chi connectivity index (χ4v) is 2.99. The molecule has 2 aromatic rings. The highest BCUT2D eigenvalue weighted by molar-refractivity contribution is 5.90. The van der Waals surface area contributed by atoms with Crippen LogP contribution in [-0.2, 0) is 11.3 Å². The number of methoxy groups -OCH3 is 1. The van der Waals surface area contributed by atoms with Crippen molar-refractivity contribution in [1.29, 1.82) is 0 Å². The third-order valence-electron chi connectivity index (χ3n) is 4.26. The summed E-state index contributed by atoms with van der Waals surface area (Å²) in [6, 6.07) is 15.3. The van der Waals surface area contributed by atoms with Crippen molar-refractivity contribution in [1.82, 2.24) is 5.32 Å². The number of anilines is 1. The molecule has 1 aliphatic rings. The minimum Gasteiger partial charge on any atom is -0.493 e. The molecule has 2 aromatic carbocycles. The van der Waals surface area contributed by atoms with Gasteiger partial charge >= 0.3 is 6.03 Å². The molecule has 5 heteroatoms. The van der Waals surface area contributed by atoms with Crippen molar-refractivity contribution in [3.05, 3.63) is 59.7 Å². The fourth-order valence-electron chi connectivity index (χ4n) is 2.99. The summed E-state index contributed by atoms with van der Waals surface area (Å²) in [6.07, 6.45) is 0. The second-order valence-electron chi connectivity index (χ2n) is 5.93. The van der Waals surface area contributed by atoms with Gasteiger partial charge in [0.1, 0.15) is 5.75 Å². The zero-order chi connectivity index (χ0) is 16.9. The Morgan fingerprint density at radius 2 is 2.00 bits per heavy atom. The highest BCUT2D eigenvalue weighted by atomic mass is 16.5. The van der Waals surface area contributed by atoms with E-state index in [-0.39, 0.29) is 18.0 Å². The first kappa shape index (κ1) is 16.3. The van der Waals surface area contributed by atoms with E-state index < -0.39 is 0 Å². The van der Waals surface area contributed by atoms with Crippen molar-refractivity contribution >= 4 is 11.7 Å². The molecule has 0 unspecified atom stereocenters. The Hall–Kier alpha value is -2.53. The first-order valence-corrected chi connectivity index (χ1v) is 8.05. The number of urea groups is 1. The van der Waals surface area contributed by atoms with Gasteiger partial charge in [-0.3, -0.25) is 0 Å². The quantitative estimate of drug-likeness (QED) is 0.884. The van der Waals surface area contributed by atoms with Gasteiger partial charge in [0.05, 0.1) is 13.2 Å². The smallest absolute Gasteiger partial charge is 0.319 e. The SMILES string of the molecule is COCc1ccccc1NC(=O)N[C@H](C)[C@@H]1COc2ccccc21. The molecule has 0 aromatic heterocycles. The molecule has 126 valence electrons. The summed E-state index contributed by atoms with van der Waals surface area (Å²) in [5.74, 6) is 1.06. The van der Waals surface area contributed by atoms with E-state index in [1.807, 2.05) is 49.4 Å². The Bertz CT molecular complexity index is 717. The van der Waals surface area contributed by atoms with Crippen molar-refractivity contribution in [3.63, 3.8) is 0 Å². The predicted octanol–water partition coefficient (Wildman–Crippen LogP) is 3.52. The molecule has 24 heavy (non-hydrogen) atoms. The molecular weight excluding hydrogens is 304 g/mol. The number of rotatable bonds is 5. The van der Waals surface area contributed by atoms with Crippen molar-refractivity contribution < 1.29 is 14.3 Å². The Morgan fingerprint density at radius 3 is 2.83 bits per heavy atom. The number of hydrogen-bond acceptors (Lipinski definition) is 3. The van der Waals surface area contributed by atoms with Crippen LogP contribution in [0.5, 0.6) is 5.75 Å². The lowest BCUT2D eigenvalue weighted by Gasteiger charge is -2.20. The normalized spacial score (nSPS) is 16.8. The number of hydrogen-bond donors (Lipinski definition) is 2. The molecule has 0 fully saturated rings. The van der Waals surface area contributed by atoms with E-state index in [0.717, 1.165) is 22.6 Å². The Labute approximate surface area is 142 Å². The van der Waals surface area contributed by atoms with Crippen molar-refractivity contribution in [2.24, 2.45) is 0 Å². The fraction of sp³-hybridized carbons (Fsp3) is 0.316. The molecule has 2 amide bonds. The van der Waals surface area contributed by atoms with E-state index in [9.17, 15) is 4.79 Å². The summed E-state index contributed by atoms with van der Waals surface area (Å²) in [4.78, 5) is 12.3. The van der Waals surface area contributed by atoms with Crippen LogP contribution in [-0.4, -0.2) is 25.8 Å². The highest BCUT2D eigenvalue weighted by Gasteiger charge is 2.29. The van der Waals surface area contributed by atoms with Crippen LogP contribution in [0.4, 0.5) is 10.5 Å². The van der Waals surface area contributed by atoms with E-state index >= 15 is 0 Å². The van der Waals surface area contributed by atoms with Crippen LogP contribution in [0.1, 0.15) is 24.0 Å². The standard InChI is InChI=1S/C19H22N2O3/c1-13(16-12-24-18-10-6-4-8-15(16)18)20-19(22)21-17-9-5-3-7-14(17)11-23-2/h3-10,13,16H,11-12H2,1-2H3,(H2,20,21,22)/t13-,16+/m1/s1. The molecule has 1 heterocycles. The Balaban J connectivity index is 1.63. The minimum absolute atomic E-state index is 0.0387. The van der Waals surface area contributed by atoms with E-state index in [4.69, 9.17) is 9.47 Å². The number of para-hydroxylation sites is 2. The first-order valence-electron chi connectivity index (χ1n) is 8.05. The van der Waals surface area contributed by atoms with Gasteiger partial charge in [-0.25, -0.2) is 4.79 Å². The molecule has 3 rings (SSSR count). The maximum atomic E-state index is 12.3. The van der Waals surface area contributed by atoms with Gasteiger partial charge in [-0.2, -0.15) is 0 Å². The monoisotopic (exact) mass is 326 g/mol. The zero-order valence-electron chi connectivity index (χ0n) is 13.9. The number of amides is 2. The number of carbonyl (C=O) groups is 1. The minimum atomic E-state index is -0.226. The number of carbonyl (C=O) groups excluding carboxylic acids is 1. The lowest BCUT2D eigenvalue weighted by Crippen LogP contribution is -2.40. The van der Waals surface area contributed by atoms with Crippen LogP contribution in [0.3, 0.4) is 0 Å². The van der Waals surface area contributed by atoms with Crippen molar-refractivity contribution in [3.8, 4) is 5.75 Å². The third kappa shape index (κ3) is 3.51. The van der Waals surface area contributed by atoms with Crippen LogP contribution < -0.4 is 15.4 Å². The van der Waals surface area contributed by atoms with Crippen LogP contribution in [0.15, 0.2) is 48.5 Å². The van der Waals surface area contributed by atoms with Crippen LogP contribution in [0.25, 0.3) is 0 Å². The molecule has 0 saturated carbocycles.